The molecule has 0 N–H and O–H groups in total. The van der Waals surface area contributed by atoms with E-state index in [0.717, 1.165) is 10.5 Å². The fourth-order valence-corrected chi connectivity index (χ4v) is 11.3. The predicted molar refractivity (Wildman–Crippen MR) is 98.3 cm³/mol. The van der Waals surface area contributed by atoms with E-state index >= 15 is 0 Å². The van der Waals surface area contributed by atoms with E-state index in [4.69, 9.17) is 0 Å². The molecular formula is C6H10I4S2. The highest BCUT2D eigenvalue weighted by atomic mass is 127. The van der Waals surface area contributed by atoms with Gasteiger partial charge in [-0.25, -0.2) is 0 Å². The molecule has 74 valence electrons. The first-order valence-electron chi connectivity index (χ1n) is 3.34. The van der Waals surface area contributed by atoms with Gasteiger partial charge in [-0.2, -0.15) is 0 Å². The van der Waals surface area contributed by atoms with Crippen LogP contribution in [-0.2, 0) is 0 Å². The Balaban J connectivity index is 3.49. The van der Waals surface area contributed by atoms with E-state index in [1.807, 2.05) is 0 Å². The van der Waals surface area contributed by atoms with Crippen LogP contribution in [0.25, 0.3) is 0 Å². The molecule has 0 radical (unpaired) electrons. The van der Waals surface area contributed by atoms with Gasteiger partial charge in [0.05, 0.1) is 0 Å². The van der Waals surface area contributed by atoms with E-state index in [-0.39, 0.29) is 0 Å². The fourth-order valence-electron chi connectivity index (χ4n) is 0.342. The Hall–Kier alpha value is 3.62. The van der Waals surface area contributed by atoms with E-state index < -0.39 is 0 Å². The van der Waals surface area contributed by atoms with E-state index in [1.165, 1.54) is 17.7 Å². The summed E-state index contributed by atoms with van der Waals surface area (Å²) >= 11 is 9.91. The van der Waals surface area contributed by atoms with Crippen LogP contribution in [0, 0.1) is 0 Å². The summed E-state index contributed by atoms with van der Waals surface area (Å²) in [5, 5.41) is 1.68. The highest BCUT2D eigenvalue weighted by Gasteiger charge is 2.11. The first-order valence-corrected chi connectivity index (χ1v) is 11.7. The minimum Gasteiger partial charge on any atom is -0.0888 e. The third kappa shape index (κ3) is 7.85. The lowest BCUT2D eigenvalue weighted by atomic mass is 10.6. The van der Waals surface area contributed by atoms with Crippen molar-refractivity contribution in [3.63, 3.8) is 0 Å². The minimum absolute atomic E-state index is 0.838. The molecular weight excluding hydrogens is 644 g/mol. The Morgan fingerprint density at radius 3 is 1.08 bits per heavy atom. The number of hydrogen-bond donors (Lipinski definition) is 0. The molecule has 12 heavy (non-hydrogen) atoms. The van der Waals surface area contributed by atoms with E-state index in [0.29, 0.717) is 0 Å². The third-order valence-corrected chi connectivity index (χ3v) is 10.9. The van der Waals surface area contributed by atoms with Gasteiger partial charge >= 0.3 is 0 Å². The molecule has 0 heterocycles. The smallest absolute Gasteiger partial charge is 0.0330 e. The molecule has 0 nitrogen and oxygen atoms in total. The summed E-state index contributed by atoms with van der Waals surface area (Å²) in [5.74, 6) is 0. The number of hydrogen-bond acceptors (Lipinski definition) is 2. The Morgan fingerprint density at radius 1 is 0.667 bits per heavy atom. The highest BCUT2D eigenvalue weighted by molar-refractivity contribution is 14.1. The topological polar surface area (TPSA) is 0 Å². The summed E-state index contributed by atoms with van der Waals surface area (Å²) in [4.78, 5) is 0. The molecule has 0 aromatic heterocycles. The maximum Gasteiger partial charge on any atom is 0.0330 e. The number of halogens is 4. The summed E-state index contributed by atoms with van der Waals surface area (Å²) < 4.78 is 5.09. The second kappa shape index (κ2) is 11.1. The van der Waals surface area contributed by atoms with E-state index in [1.54, 1.807) is 0 Å². The SMILES string of the molecule is ICC(CI)SSC(CI)CI. The quantitative estimate of drug-likeness (QED) is 0.219. The van der Waals surface area contributed by atoms with Crippen molar-refractivity contribution in [1.82, 2.24) is 0 Å². The molecule has 0 aliphatic heterocycles. The van der Waals surface area contributed by atoms with Crippen molar-refractivity contribution < 1.29 is 0 Å². The summed E-state index contributed by atoms with van der Waals surface area (Å²) in [7, 11) is 4.14. The first kappa shape index (κ1) is 15.6. The summed E-state index contributed by atoms with van der Waals surface area (Å²) in [6.45, 7) is 0. The average molecular weight is 654 g/mol. The molecule has 0 atom stereocenters. The van der Waals surface area contributed by atoms with Crippen LogP contribution < -0.4 is 0 Å². The zero-order valence-corrected chi connectivity index (χ0v) is 16.6. The van der Waals surface area contributed by atoms with Crippen molar-refractivity contribution in [3.05, 3.63) is 0 Å². The van der Waals surface area contributed by atoms with Gasteiger partial charge in [0, 0.05) is 28.2 Å². The van der Waals surface area contributed by atoms with Crippen molar-refractivity contribution in [3.8, 4) is 0 Å². The lowest BCUT2D eigenvalue weighted by Gasteiger charge is -2.13. The molecule has 0 fully saturated rings. The molecule has 0 aromatic carbocycles. The van der Waals surface area contributed by atoms with Crippen molar-refractivity contribution in [2.75, 3.05) is 17.7 Å². The summed E-state index contributed by atoms with van der Waals surface area (Å²) in [5.41, 5.74) is 0. The van der Waals surface area contributed by atoms with Gasteiger partial charge in [0.15, 0.2) is 0 Å². The van der Waals surface area contributed by atoms with Crippen molar-refractivity contribution in [2.24, 2.45) is 0 Å². The van der Waals surface area contributed by atoms with Gasteiger partial charge in [0.1, 0.15) is 0 Å². The molecule has 0 aromatic rings. The minimum atomic E-state index is 0.838. The molecule has 0 saturated heterocycles. The largest absolute Gasteiger partial charge is 0.0888 e. The lowest BCUT2D eigenvalue weighted by molar-refractivity contribution is 1.20. The monoisotopic (exact) mass is 654 g/mol. The lowest BCUT2D eigenvalue weighted by Crippen LogP contribution is -2.08. The van der Waals surface area contributed by atoms with Gasteiger partial charge in [-0.1, -0.05) is 112 Å². The van der Waals surface area contributed by atoms with E-state index in [9.17, 15) is 0 Å². The van der Waals surface area contributed by atoms with Gasteiger partial charge in [-0.15, -0.1) is 0 Å². The molecule has 0 rings (SSSR count). The molecule has 0 saturated carbocycles. The Bertz CT molecular complexity index is 83.5. The van der Waals surface area contributed by atoms with Gasteiger partial charge in [0.2, 0.25) is 0 Å². The molecule has 0 bridgehead atoms. The predicted octanol–water partition coefficient (Wildman–Crippen LogP) is 4.85. The third-order valence-electron chi connectivity index (χ3n) is 1.02. The van der Waals surface area contributed by atoms with Crippen LogP contribution in [0.15, 0.2) is 0 Å². The van der Waals surface area contributed by atoms with Crippen LogP contribution in [-0.4, -0.2) is 28.2 Å². The van der Waals surface area contributed by atoms with Crippen LogP contribution in [0.3, 0.4) is 0 Å². The van der Waals surface area contributed by atoms with Crippen molar-refractivity contribution in [2.45, 2.75) is 10.5 Å². The van der Waals surface area contributed by atoms with Crippen LogP contribution in [0.5, 0.6) is 0 Å². The summed E-state index contributed by atoms with van der Waals surface area (Å²) in [6, 6.07) is 0. The molecule has 6 heteroatoms. The number of alkyl halides is 4. The molecule has 0 amide bonds. The van der Waals surface area contributed by atoms with Gasteiger partial charge in [-0.3, -0.25) is 0 Å². The molecule has 0 aliphatic carbocycles. The fraction of sp³-hybridized carbons (Fsp3) is 1.00. The standard InChI is InChI=1S/C6H10I4S2/c7-1-5(2-8)11-12-6(3-9)4-10/h5-6H,1-4H2. The van der Waals surface area contributed by atoms with Crippen molar-refractivity contribution in [1.29, 1.82) is 0 Å². The zero-order chi connectivity index (χ0) is 9.40. The van der Waals surface area contributed by atoms with E-state index in [2.05, 4.69) is 112 Å². The van der Waals surface area contributed by atoms with Gasteiger partial charge in [-0.05, 0) is 0 Å². The van der Waals surface area contributed by atoms with Gasteiger partial charge in [0.25, 0.3) is 0 Å². The zero-order valence-electron chi connectivity index (χ0n) is 6.31. The Morgan fingerprint density at radius 2 is 0.917 bits per heavy atom. The normalized spacial score (nSPS) is 11.5. The first-order chi connectivity index (χ1) is 5.78. The highest BCUT2D eigenvalue weighted by Crippen LogP contribution is 2.34. The Kier molecular flexibility index (Phi) is 14.5. The van der Waals surface area contributed by atoms with Crippen LogP contribution in [0.1, 0.15) is 0 Å². The average Bonchev–Trinajstić information content (AvgIpc) is 2.13. The molecule has 0 aliphatic rings. The molecule has 0 spiro atoms. The van der Waals surface area contributed by atoms with Crippen molar-refractivity contribution >= 4 is 112 Å². The second-order valence-corrected chi connectivity index (χ2v) is 8.45. The maximum absolute atomic E-state index is 2.48. The van der Waals surface area contributed by atoms with Gasteiger partial charge < -0.3 is 0 Å². The molecule has 0 unspecified atom stereocenters. The van der Waals surface area contributed by atoms with Crippen LogP contribution in [0.4, 0.5) is 0 Å². The Labute approximate surface area is 137 Å². The number of rotatable bonds is 7. The second-order valence-electron chi connectivity index (χ2n) is 2.05. The maximum atomic E-state index is 2.48. The summed E-state index contributed by atoms with van der Waals surface area (Å²) in [6.07, 6.45) is 0. The van der Waals surface area contributed by atoms with Crippen LogP contribution >= 0.6 is 112 Å². The van der Waals surface area contributed by atoms with Crippen LogP contribution in [0.2, 0.25) is 0 Å².